The van der Waals surface area contributed by atoms with E-state index < -0.39 is 12.3 Å². The number of Topliss-reactive ketones (excluding diaryl/α,β-unsaturated/α-hetero) is 1. The number of nitrogens with one attached hydrogen (secondary N) is 1. The van der Waals surface area contributed by atoms with E-state index in [0.717, 1.165) is 0 Å². The number of ketones is 1. The van der Waals surface area contributed by atoms with Crippen molar-refractivity contribution >= 4 is 23.3 Å². The average molecular weight is 350 g/mol. The molecule has 8 nitrogen and oxygen atoms in total. The van der Waals surface area contributed by atoms with Crippen molar-refractivity contribution in [2.75, 3.05) is 32.3 Å². The number of anilines is 1. The van der Waals surface area contributed by atoms with Gasteiger partial charge < -0.3 is 19.5 Å². The van der Waals surface area contributed by atoms with Crippen LogP contribution in [0, 0.1) is 0 Å². The number of rotatable bonds is 7. The Morgan fingerprint density at radius 2 is 2.00 bits per heavy atom. The Kier molecular flexibility index (Phi) is 6.11. The highest BCUT2D eigenvalue weighted by Crippen LogP contribution is 2.34. The molecule has 0 bridgehead atoms. The molecule has 0 radical (unpaired) electrons. The van der Waals surface area contributed by atoms with E-state index in [4.69, 9.17) is 14.2 Å². The second kappa shape index (κ2) is 8.09. The topological polar surface area (TPSA) is 94.2 Å². The minimum atomic E-state index is -0.785. The summed E-state index contributed by atoms with van der Waals surface area (Å²) in [6.07, 6.45) is -0.576. The van der Waals surface area contributed by atoms with Crippen molar-refractivity contribution < 1.29 is 28.6 Å². The zero-order valence-corrected chi connectivity index (χ0v) is 14.7. The Labute approximate surface area is 146 Å². The van der Waals surface area contributed by atoms with Gasteiger partial charge in [-0.05, 0) is 32.0 Å². The van der Waals surface area contributed by atoms with Crippen LogP contribution in [0.15, 0.2) is 18.2 Å². The average Bonchev–Trinajstić information content (AvgIpc) is 2.61. The standard InChI is InChI=1S/C17H22N2O6/c1-10(17(22)18-8-16(23-3)24-4)19-13-7-12(11(2)20)5-6-14(13)25-9-15(19)21/h5-7,10,16H,8-9H2,1-4H3,(H,18,22). The molecule has 1 atom stereocenters. The van der Waals surface area contributed by atoms with Gasteiger partial charge in [-0.25, -0.2) is 0 Å². The van der Waals surface area contributed by atoms with Crippen LogP contribution in [0.5, 0.6) is 5.75 Å². The molecule has 25 heavy (non-hydrogen) atoms. The first kappa shape index (κ1) is 18.9. The Balaban J connectivity index is 2.23. The van der Waals surface area contributed by atoms with E-state index in [9.17, 15) is 14.4 Å². The minimum Gasteiger partial charge on any atom is -0.482 e. The van der Waals surface area contributed by atoms with Gasteiger partial charge in [0.05, 0.1) is 12.2 Å². The molecule has 0 saturated carbocycles. The summed E-state index contributed by atoms with van der Waals surface area (Å²) in [5.74, 6) is -0.406. The summed E-state index contributed by atoms with van der Waals surface area (Å²) in [6, 6.07) is 4.03. The smallest absolute Gasteiger partial charge is 0.265 e. The first-order valence-electron chi connectivity index (χ1n) is 7.82. The third kappa shape index (κ3) is 4.15. The van der Waals surface area contributed by atoms with Crippen molar-refractivity contribution in [3.8, 4) is 5.75 Å². The van der Waals surface area contributed by atoms with E-state index in [0.29, 0.717) is 17.0 Å². The zero-order chi connectivity index (χ0) is 18.6. The SMILES string of the molecule is COC(CNC(=O)C(C)N1C(=O)COc2ccc(C(C)=O)cc21)OC. The van der Waals surface area contributed by atoms with Gasteiger partial charge in [-0.2, -0.15) is 0 Å². The van der Waals surface area contributed by atoms with Gasteiger partial charge >= 0.3 is 0 Å². The summed E-state index contributed by atoms with van der Waals surface area (Å²) in [5, 5.41) is 2.68. The summed E-state index contributed by atoms with van der Waals surface area (Å²) < 4.78 is 15.4. The van der Waals surface area contributed by atoms with E-state index in [-0.39, 0.29) is 30.7 Å². The Bertz CT molecular complexity index is 671. The number of carbonyl (C=O) groups is 3. The van der Waals surface area contributed by atoms with Gasteiger partial charge in [0.2, 0.25) is 5.91 Å². The number of ether oxygens (including phenoxy) is 3. The monoisotopic (exact) mass is 350 g/mol. The van der Waals surface area contributed by atoms with Crippen LogP contribution in [0.1, 0.15) is 24.2 Å². The van der Waals surface area contributed by atoms with Crippen molar-refractivity contribution in [1.82, 2.24) is 5.32 Å². The van der Waals surface area contributed by atoms with E-state index in [1.54, 1.807) is 25.1 Å². The van der Waals surface area contributed by atoms with Crippen LogP contribution in [-0.4, -0.2) is 57.3 Å². The van der Waals surface area contributed by atoms with E-state index >= 15 is 0 Å². The number of fused-ring (bicyclic) bond motifs is 1. The number of hydrogen-bond acceptors (Lipinski definition) is 6. The van der Waals surface area contributed by atoms with Gasteiger partial charge in [0.15, 0.2) is 18.7 Å². The summed E-state index contributed by atoms with van der Waals surface area (Å²) in [4.78, 5) is 37.7. The Morgan fingerprint density at radius 1 is 1.32 bits per heavy atom. The van der Waals surface area contributed by atoms with Crippen LogP contribution in [-0.2, 0) is 19.1 Å². The molecule has 0 saturated heterocycles. The van der Waals surface area contributed by atoms with Crippen molar-refractivity contribution in [2.45, 2.75) is 26.2 Å². The predicted molar refractivity (Wildman–Crippen MR) is 89.7 cm³/mol. The lowest BCUT2D eigenvalue weighted by Gasteiger charge is -2.33. The quantitative estimate of drug-likeness (QED) is 0.576. The molecule has 2 amide bonds. The molecule has 0 aromatic heterocycles. The molecule has 1 aliphatic heterocycles. The number of benzene rings is 1. The minimum absolute atomic E-state index is 0.138. The fourth-order valence-corrected chi connectivity index (χ4v) is 2.53. The van der Waals surface area contributed by atoms with Crippen LogP contribution in [0.25, 0.3) is 0 Å². The van der Waals surface area contributed by atoms with Gasteiger partial charge in [0.1, 0.15) is 11.8 Å². The lowest BCUT2D eigenvalue weighted by Crippen LogP contribution is -2.52. The number of hydrogen-bond donors (Lipinski definition) is 1. The molecular formula is C17H22N2O6. The highest BCUT2D eigenvalue weighted by molar-refractivity contribution is 6.05. The number of nitrogens with zero attached hydrogens (tertiary/aromatic N) is 1. The van der Waals surface area contributed by atoms with E-state index in [1.165, 1.54) is 26.0 Å². The number of amides is 2. The molecule has 1 N–H and O–H groups in total. The van der Waals surface area contributed by atoms with E-state index in [2.05, 4.69) is 5.32 Å². The van der Waals surface area contributed by atoms with Gasteiger partial charge in [0, 0.05) is 19.8 Å². The van der Waals surface area contributed by atoms with Gasteiger partial charge in [-0.1, -0.05) is 0 Å². The van der Waals surface area contributed by atoms with Crippen LogP contribution in [0.4, 0.5) is 5.69 Å². The van der Waals surface area contributed by atoms with Crippen LogP contribution in [0.3, 0.4) is 0 Å². The molecule has 2 rings (SSSR count). The van der Waals surface area contributed by atoms with Crippen LogP contribution < -0.4 is 15.0 Å². The van der Waals surface area contributed by atoms with Crippen molar-refractivity contribution in [1.29, 1.82) is 0 Å². The molecule has 0 spiro atoms. The largest absolute Gasteiger partial charge is 0.482 e. The maximum atomic E-state index is 12.4. The highest BCUT2D eigenvalue weighted by Gasteiger charge is 2.33. The maximum Gasteiger partial charge on any atom is 0.265 e. The maximum absolute atomic E-state index is 12.4. The third-order valence-electron chi connectivity index (χ3n) is 3.98. The number of carbonyl (C=O) groups excluding carboxylic acids is 3. The Morgan fingerprint density at radius 3 is 2.60 bits per heavy atom. The number of methoxy groups -OCH3 is 2. The second-order valence-electron chi connectivity index (χ2n) is 5.61. The van der Waals surface area contributed by atoms with Crippen LogP contribution >= 0.6 is 0 Å². The van der Waals surface area contributed by atoms with Crippen molar-refractivity contribution in [3.05, 3.63) is 23.8 Å². The zero-order valence-electron chi connectivity index (χ0n) is 14.7. The fraction of sp³-hybridized carbons (Fsp3) is 0.471. The summed E-state index contributed by atoms with van der Waals surface area (Å²) in [6.45, 7) is 3.03. The second-order valence-corrected chi connectivity index (χ2v) is 5.61. The highest BCUT2D eigenvalue weighted by atomic mass is 16.7. The summed E-state index contributed by atoms with van der Waals surface area (Å²) in [7, 11) is 2.93. The summed E-state index contributed by atoms with van der Waals surface area (Å²) >= 11 is 0. The molecule has 0 aliphatic carbocycles. The third-order valence-corrected chi connectivity index (χ3v) is 3.98. The molecule has 1 unspecified atom stereocenters. The van der Waals surface area contributed by atoms with Gasteiger partial charge in [0.25, 0.3) is 5.91 Å². The van der Waals surface area contributed by atoms with E-state index in [1.807, 2.05) is 0 Å². The molecular weight excluding hydrogens is 328 g/mol. The fourth-order valence-electron chi connectivity index (χ4n) is 2.53. The van der Waals surface area contributed by atoms with Crippen molar-refractivity contribution in [2.24, 2.45) is 0 Å². The molecule has 1 aromatic rings. The molecule has 8 heteroatoms. The van der Waals surface area contributed by atoms with Crippen LogP contribution in [0.2, 0.25) is 0 Å². The predicted octanol–water partition coefficient (Wildman–Crippen LogP) is 0.738. The molecule has 1 aromatic carbocycles. The molecule has 0 fully saturated rings. The lowest BCUT2D eigenvalue weighted by molar-refractivity contribution is -0.131. The first-order valence-corrected chi connectivity index (χ1v) is 7.82. The molecule has 136 valence electrons. The van der Waals surface area contributed by atoms with Crippen molar-refractivity contribution in [3.63, 3.8) is 0 Å². The normalized spacial score (nSPS) is 14.8. The summed E-state index contributed by atoms with van der Waals surface area (Å²) in [5.41, 5.74) is 0.843. The molecule has 1 aliphatic rings. The van der Waals surface area contributed by atoms with Gasteiger partial charge in [-0.3, -0.25) is 19.3 Å². The lowest BCUT2D eigenvalue weighted by atomic mass is 10.1. The first-order chi connectivity index (χ1) is 11.9. The molecule has 1 heterocycles. The van der Waals surface area contributed by atoms with Gasteiger partial charge in [-0.15, -0.1) is 0 Å². The Hall–Kier alpha value is -2.45.